The Kier molecular flexibility index (Phi) is 7.49. The Hall–Kier alpha value is -2.13. The van der Waals surface area contributed by atoms with Gasteiger partial charge in [-0.3, -0.25) is 14.7 Å². The summed E-state index contributed by atoms with van der Waals surface area (Å²) in [7, 11) is 1.69. The van der Waals surface area contributed by atoms with Crippen molar-refractivity contribution in [3.63, 3.8) is 0 Å². The zero-order valence-corrected chi connectivity index (χ0v) is 17.5. The molecule has 2 heterocycles. The summed E-state index contributed by atoms with van der Waals surface area (Å²) < 4.78 is 5.10. The number of halogens is 2. The lowest BCUT2D eigenvalue weighted by molar-refractivity contribution is 0.0889. The van der Waals surface area contributed by atoms with Crippen LogP contribution in [0.4, 0.5) is 5.69 Å². The maximum Gasteiger partial charge on any atom is 0.274 e. The number of nitrogens with one attached hydrogen (secondary N) is 3. The molecule has 0 aliphatic carbocycles. The number of methoxy groups -OCH3 is 1. The smallest absolute Gasteiger partial charge is 0.274 e. The second-order valence-corrected chi connectivity index (χ2v) is 7.59. The number of nitrogens with zero attached hydrogens (tertiary/aromatic N) is 2. The number of ether oxygens (including phenoxy) is 1. The number of H-pyrrole nitrogens is 1. The first-order chi connectivity index (χ1) is 14.0. The number of aromatic nitrogens is 2. The molecule has 2 aromatic rings. The first-order valence-corrected chi connectivity index (χ1v) is 10.1. The highest BCUT2D eigenvalue weighted by molar-refractivity contribution is 6.40. The van der Waals surface area contributed by atoms with Crippen LogP contribution in [0, 0.1) is 0 Å². The average molecular weight is 440 g/mol. The van der Waals surface area contributed by atoms with Crippen LogP contribution in [-0.4, -0.2) is 66.3 Å². The number of anilines is 1. The number of carbonyl (C=O) groups is 2. The highest BCUT2D eigenvalue weighted by Crippen LogP contribution is 2.25. The quantitative estimate of drug-likeness (QED) is 0.615. The summed E-state index contributed by atoms with van der Waals surface area (Å²) in [6, 6.07) is 4.85. The number of rotatable bonds is 7. The average Bonchev–Trinajstić information content (AvgIpc) is 3.15. The number of hydrogen-bond donors (Lipinski definition) is 3. The predicted octanol–water partition coefficient (Wildman–Crippen LogP) is 2.81. The van der Waals surface area contributed by atoms with Crippen molar-refractivity contribution >= 4 is 40.7 Å². The molecule has 2 amide bonds. The molecule has 156 valence electrons. The highest BCUT2D eigenvalue weighted by Gasteiger charge is 2.24. The molecule has 10 heteroatoms. The van der Waals surface area contributed by atoms with Crippen molar-refractivity contribution in [2.75, 3.05) is 38.7 Å². The van der Waals surface area contributed by atoms with E-state index in [0.29, 0.717) is 6.61 Å². The van der Waals surface area contributed by atoms with Gasteiger partial charge in [0.1, 0.15) is 0 Å². The largest absolute Gasteiger partial charge is 0.383 e. The maximum absolute atomic E-state index is 12.7. The van der Waals surface area contributed by atoms with Gasteiger partial charge in [-0.2, -0.15) is 5.10 Å². The van der Waals surface area contributed by atoms with Crippen molar-refractivity contribution in [2.24, 2.45) is 0 Å². The first kappa shape index (κ1) is 21.6. The second kappa shape index (κ2) is 10.1. The third-order valence-electron chi connectivity index (χ3n) is 4.83. The van der Waals surface area contributed by atoms with Crippen LogP contribution >= 0.6 is 23.2 Å². The number of hydrogen-bond acceptors (Lipinski definition) is 5. The normalized spacial score (nSPS) is 15.3. The summed E-state index contributed by atoms with van der Waals surface area (Å²) in [5.41, 5.74) is 0.524. The fraction of sp³-hybridized carbons (Fsp3) is 0.421. The molecular formula is C19H23Cl2N5O3. The van der Waals surface area contributed by atoms with Crippen molar-refractivity contribution < 1.29 is 14.3 Å². The summed E-state index contributed by atoms with van der Waals surface area (Å²) in [6.45, 7) is 3.37. The summed E-state index contributed by atoms with van der Waals surface area (Å²) in [5, 5.41) is 12.7. The van der Waals surface area contributed by atoms with Crippen molar-refractivity contribution in [1.82, 2.24) is 20.4 Å². The Balaban J connectivity index is 1.60. The van der Waals surface area contributed by atoms with Crippen molar-refractivity contribution in [1.29, 1.82) is 0 Å². The van der Waals surface area contributed by atoms with E-state index in [1.54, 1.807) is 25.3 Å². The third kappa shape index (κ3) is 5.48. The minimum atomic E-state index is -0.512. The van der Waals surface area contributed by atoms with Crippen molar-refractivity contribution in [2.45, 2.75) is 18.9 Å². The molecular weight excluding hydrogens is 417 g/mol. The fourth-order valence-electron chi connectivity index (χ4n) is 3.23. The van der Waals surface area contributed by atoms with E-state index in [1.807, 2.05) is 0 Å². The van der Waals surface area contributed by atoms with E-state index in [9.17, 15) is 9.59 Å². The standard InChI is InChI=1S/C19H23Cl2N5O3/c1-29-10-9-26-7-5-12(6-8-26)23-19(28)17-15(11-22-25-17)24-18(27)16-13(20)3-2-4-14(16)21/h2-4,11-12H,5-10H2,1H3,(H,22,25)(H,23,28)(H,24,27). The van der Waals surface area contributed by atoms with Crippen LogP contribution in [0.25, 0.3) is 0 Å². The molecule has 0 radical (unpaired) electrons. The number of carbonyl (C=O) groups excluding carboxylic acids is 2. The Morgan fingerprint density at radius 2 is 1.93 bits per heavy atom. The molecule has 0 atom stereocenters. The molecule has 1 saturated heterocycles. The molecule has 0 saturated carbocycles. The molecule has 1 aliphatic heterocycles. The van der Waals surface area contributed by atoms with Crippen LogP contribution in [0.2, 0.25) is 10.0 Å². The van der Waals surface area contributed by atoms with Gasteiger partial charge in [-0.05, 0) is 25.0 Å². The van der Waals surface area contributed by atoms with Gasteiger partial charge in [-0.25, -0.2) is 0 Å². The van der Waals surface area contributed by atoms with E-state index < -0.39 is 5.91 Å². The van der Waals surface area contributed by atoms with Crippen LogP contribution in [0.5, 0.6) is 0 Å². The topological polar surface area (TPSA) is 99.3 Å². The predicted molar refractivity (Wildman–Crippen MR) is 112 cm³/mol. The molecule has 29 heavy (non-hydrogen) atoms. The summed E-state index contributed by atoms with van der Waals surface area (Å²) in [4.78, 5) is 27.5. The van der Waals surface area contributed by atoms with Gasteiger partial charge in [0.05, 0.1) is 27.9 Å². The van der Waals surface area contributed by atoms with E-state index in [0.717, 1.165) is 32.5 Å². The van der Waals surface area contributed by atoms with Gasteiger partial charge >= 0.3 is 0 Å². The minimum absolute atomic E-state index is 0.0551. The molecule has 3 rings (SSSR count). The van der Waals surface area contributed by atoms with E-state index in [1.165, 1.54) is 6.20 Å². The number of piperidine rings is 1. The number of likely N-dealkylation sites (tertiary alicyclic amines) is 1. The summed E-state index contributed by atoms with van der Waals surface area (Å²) in [6.07, 6.45) is 3.14. The molecule has 3 N–H and O–H groups in total. The van der Waals surface area contributed by atoms with Crippen molar-refractivity contribution in [3.05, 3.63) is 45.7 Å². The van der Waals surface area contributed by atoms with Gasteiger partial charge in [0.25, 0.3) is 11.8 Å². The van der Waals surface area contributed by atoms with Crippen LogP contribution in [0.15, 0.2) is 24.4 Å². The zero-order valence-electron chi connectivity index (χ0n) is 16.0. The Morgan fingerprint density at radius 3 is 2.59 bits per heavy atom. The summed E-state index contributed by atoms with van der Waals surface area (Å²) in [5.74, 6) is -0.857. The molecule has 0 unspecified atom stereocenters. The number of amides is 2. The molecule has 1 aliphatic rings. The van der Waals surface area contributed by atoms with Gasteiger partial charge in [0.2, 0.25) is 0 Å². The maximum atomic E-state index is 12.7. The van der Waals surface area contributed by atoms with Gasteiger partial charge in [0, 0.05) is 39.0 Å². The van der Waals surface area contributed by atoms with E-state index in [4.69, 9.17) is 27.9 Å². The molecule has 1 aromatic carbocycles. The second-order valence-electron chi connectivity index (χ2n) is 6.78. The van der Waals surface area contributed by atoms with Crippen LogP contribution < -0.4 is 10.6 Å². The van der Waals surface area contributed by atoms with Crippen LogP contribution in [-0.2, 0) is 4.74 Å². The van der Waals surface area contributed by atoms with E-state index >= 15 is 0 Å². The van der Waals surface area contributed by atoms with Crippen LogP contribution in [0.3, 0.4) is 0 Å². The molecule has 0 bridgehead atoms. The third-order valence-corrected chi connectivity index (χ3v) is 5.46. The Labute approximate surface area is 178 Å². The van der Waals surface area contributed by atoms with Gasteiger partial charge in [-0.15, -0.1) is 0 Å². The molecule has 8 nitrogen and oxygen atoms in total. The zero-order chi connectivity index (χ0) is 20.8. The van der Waals surface area contributed by atoms with Gasteiger partial charge in [0.15, 0.2) is 5.69 Å². The van der Waals surface area contributed by atoms with Gasteiger partial charge in [-0.1, -0.05) is 29.3 Å². The fourth-order valence-corrected chi connectivity index (χ4v) is 3.80. The molecule has 1 fully saturated rings. The summed E-state index contributed by atoms with van der Waals surface area (Å²) >= 11 is 12.2. The van der Waals surface area contributed by atoms with Crippen LogP contribution in [0.1, 0.15) is 33.7 Å². The Morgan fingerprint density at radius 1 is 1.24 bits per heavy atom. The van der Waals surface area contributed by atoms with Crippen molar-refractivity contribution in [3.8, 4) is 0 Å². The van der Waals surface area contributed by atoms with Gasteiger partial charge < -0.3 is 20.3 Å². The van der Waals surface area contributed by atoms with E-state index in [-0.39, 0.29) is 38.9 Å². The minimum Gasteiger partial charge on any atom is -0.383 e. The lowest BCUT2D eigenvalue weighted by atomic mass is 10.0. The monoisotopic (exact) mass is 439 g/mol. The van der Waals surface area contributed by atoms with E-state index in [2.05, 4.69) is 25.7 Å². The SMILES string of the molecule is COCCN1CCC(NC(=O)c2n[nH]cc2NC(=O)c2c(Cl)cccc2Cl)CC1. The number of aromatic amines is 1. The first-order valence-electron chi connectivity index (χ1n) is 9.31. The Bertz CT molecular complexity index is 845. The number of benzene rings is 1. The molecule has 1 aromatic heterocycles. The lowest BCUT2D eigenvalue weighted by Crippen LogP contribution is -2.45. The lowest BCUT2D eigenvalue weighted by Gasteiger charge is -2.32. The molecule has 0 spiro atoms. The highest BCUT2D eigenvalue weighted by atomic mass is 35.5.